The van der Waals surface area contributed by atoms with Crippen molar-refractivity contribution >= 4 is 30.9 Å². The largest absolute Gasteiger partial charge is 0.444 e. The number of nitrogens with zero attached hydrogens (tertiary/aromatic N) is 2. The van der Waals surface area contributed by atoms with Crippen LogP contribution < -0.4 is 5.73 Å². The summed E-state index contributed by atoms with van der Waals surface area (Å²) in [7, 11) is 0. The zero-order valence-corrected chi connectivity index (χ0v) is 14.9. The van der Waals surface area contributed by atoms with E-state index < -0.39 is 5.60 Å². The maximum atomic E-state index is 12.0. The number of carbonyl (C=O) groups is 1. The average Bonchev–Trinajstić information content (AvgIpc) is 2.26. The molecule has 0 atom stereocenters. The van der Waals surface area contributed by atoms with Crippen LogP contribution in [0.4, 0.5) is 4.79 Å². The molecular weight excluding hydrogens is 313 g/mol. The number of amides is 1. The quantitative estimate of drug-likeness (QED) is 0.835. The summed E-state index contributed by atoms with van der Waals surface area (Å²) >= 11 is 0. The Morgan fingerprint density at radius 2 is 1.71 bits per heavy atom. The van der Waals surface area contributed by atoms with Crippen molar-refractivity contribution in [2.75, 3.05) is 39.3 Å². The number of rotatable bonds is 2. The minimum atomic E-state index is -0.402. The molecular formula is C14H29Cl2N3O2. The molecule has 0 bridgehead atoms. The third-order valence-electron chi connectivity index (χ3n) is 4.04. The standard InChI is InChI=1S/C14H27N3O2.2ClH/c1-13(2,3)19-12(18)17-7-4-14(5-8-17)10-16(11-14)9-6-15;;/h4-11,15H2,1-3H3;2*1H. The lowest BCUT2D eigenvalue weighted by molar-refractivity contribution is -0.0495. The molecule has 2 heterocycles. The van der Waals surface area contributed by atoms with E-state index in [2.05, 4.69) is 4.90 Å². The number of hydrogen-bond donors (Lipinski definition) is 1. The molecule has 1 amide bonds. The normalized spacial score (nSPS) is 21.0. The molecule has 0 aromatic carbocycles. The number of likely N-dealkylation sites (tertiary alicyclic amines) is 2. The number of ether oxygens (including phenoxy) is 1. The number of piperidine rings is 1. The summed E-state index contributed by atoms with van der Waals surface area (Å²) in [4.78, 5) is 16.2. The van der Waals surface area contributed by atoms with Gasteiger partial charge in [-0.25, -0.2) is 4.79 Å². The molecule has 1 spiro atoms. The second-order valence-corrected chi connectivity index (χ2v) is 6.97. The van der Waals surface area contributed by atoms with Gasteiger partial charge in [-0.1, -0.05) is 0 Å². The molecule has 0 aromatic heterocycles. The Morgan fingerprint density at radius 1 is 1.19 bits per heavy atom. The summed E-state index contributed by atoms with van der Waals surface area (Å²) in [5.41, 5.74) is 5.60. The molecule has 0 saturated carbocycles. The lowest BCUT2D eigenvalue weighted by Gasteiger charge is -2.54. The van der Waals surface area contributed by atoms with Crippen LogP contribution in [0.3, 0.4) is 0 Å². The Kier molecular flexibility index (Phi) is 7.77. The van der Waals surface area contributed by atoms with Gasteiger partial charge < -0.3 is 20.3 Å². The van der Waals surface area contributed by atoms with Crippen molar-refractivity contribution in [3.05, 3.63) is 0 Å². The van der Waals surface area contributed by atoms with E-state index in [1.165, 1.54) is 0 Å². The Morgan fingerprint density at radius 3 is 2.14 bits per heavy atom. The van der Waals surface area contributed by atoms with Crippen LogP contribution in [0.1, 0.15) is 33.6 Å². The molecule has 0 unspecified atom stereocenters. The Hall–Kier alpha value is -0.230. The highest BCUT2D eigenvalue weighted by atomic mass is 35.5. The van der Waals surface area contributed by atoms with Gasteiger partial charge in [0.2, 0.25) is 0 Å². The summed E-state index contributed by atoms with van der Waals surface area (Å²) in [5, 5.41) is 0. The van der Waals surface area contributed by atoms with Crippen LogP contribution in [-0.2, 0) is 4.74 Å². The SMILES string of the molecule is CC(C)(C)OC(=O)N1CCC2(CC1)CN(CCN)C2.Cl.Cl. The summed E-state index contributed by atoms with van der Waals surface area (Å²) in [6, 6.07) is 0. The van der Waals surface area contributed by atoms with Gasteiger partial charge in [-0.05, 0) is 39.0 Å². The smallest absolute Gasteiger partial charge is 0.410 e. The van der Waals surface area contributed by atoms with Crippen LogP contribution in [0.15, 0.2) is 0 Å². The Balaban J connectivity index is 0.00000200. The van der Waals surface area contributed by atoms with Crippen LogP contribution in [0.5, 0.6) is 0 Å². The first-order valence-electron chi connectivity index (χ1n) is 7.24. The van der Waals surface area contributed by atoms with Crippen molar-refractivity contribution in [2.45, 2.75) is 39.2 Å². The summed E-state index contributed by atoms with van der Waals surface area (Å²) in [5.74, 6) is 0. The summed E-state index contributed by atoms with van der Waals surface area (Å²) in [6.45, 7) is 11.4. The lowest BCUT2D eigenvalue weighted by Crippen LogP contribution is -2.61. The second-order valence-electron chi connectivity index (χ2n) is 6.97. The highest BCUT2D eigenvalue weighted by molar-refractivity contribution is 5.85. The van der Waals surface area contributed by atoms with Crippen molar-refractivity contribution in [2.24, 2.45) is 11.1 Å². The van der Waals surface area contributed by atoms with E-state index in [0.717, 1.165) is 52.1 Å². The van der Waals surface area contributed by atoms with Crippen LogP contribution >= 0.6 is 24.8 Å². The average molecular weight is 342 g/mol. The molecule has 5 nitrogen and oxygen atoms in total. The highest BCUT2D eigenvalue weighted by Gasteiger charge is 2.45. The van der Waals surface area contributed by atoms with Crippen LogP contribution in [0, 0.1) is 5.41 Å². The van der Waals surface area contributed by atoms with Gasteiger partial charge >= 0.3 is 6.09 Å². The van der Waals surface area contributed by atoms with Gasteiger partial charge in [0.25, 0.3) is 0 Å². The zero-order valence-electron chi connectivity index (χ0n) is 13.3. The summed E-state index contributed by atoms with van der Waals surface area (Å²) < 4.78 is 5.42. The van der Waals surface area contributed by atoms with Gasteiger partial charge in [-0.2, -0.15) is 0 Å². The molecule has 2 aliphatic rings. The van der Waals surface area contributed by atoms with Gasteiger partial charge in [0.1, 0.15) is 5.60 Å². The van der Waals surface area contributed by atoms with E-state index in [4.69, 9.17) is 10.5 Å². The van der Waals surface area contributed by atoms with E-state index in [-0.39, 0.29) is 30.9 Å². The van der Waals surface area contributed by atoms with E-state index in [1.807, 2.05) is 25.7 Å². The maximum Gasteiger partial charge on any atom is 0.410 e. The van der Waals surface area contributed by atoms with E-state index in [9.17, 15) is 4.79 Å². The maximum absolute atomic E-state index is 12.0. The Labute approximate surface area is 140 Å². The third kappa shape index (κ3) is 5.47. The van der Waals surface area contributed by atoms with Crippen LogP contribution in [-0.4, -0.2) is 60.8 Å². The molecule has 2 aliphatic heterocycles. The van der Waals surface area contributed by atoms with Crippen molar-refractivity contribution in [1.82, 2.24) is 9.80 Å². The second kappa shape index (κ2) is 7.86. The van der Waals surface area contributed by atoms with Crippen molar-refractivity contribution < 1.29 is 9.53 Å². The van der Waals surface area contributed by atoms with Gasteiger partial charge in [-0.15, -0.1) is 24.8 Å². The Bertz CT molecular complexity index is 332. The van der Waals surface area contributed by atoms with Crippen molar-refractivity contribution in [3.8, 4) is 0 Å². The number of halogens is 2. The van der Waals surface area contributed by atoms with E-state index in [0.29, 0.717) is 5.41 Å². The minimum Gasteiger partial charge on any atom is -0.444 e. The molecule has 2 saturated heterocycles. The molecule has 0 radical (unpaired) electrons. The number of hydrogen-bond acceptors (Lipinski definition) is 4. The molecule has 2 fully saturated rings. The number of carbonyl (C=O) groups excluding carboxylic acids is 1. The molecule has 2 N–H and O–H groups in total. The van der Waals surface area contributed by atoms with Gasteiger partial charge in [0, 0.05) is 39.3 Å². The topological polar surface area (TPSA) is 58.8 Å². The number of nitrogens with two attached hydrogens (primary N) is 1. The van der Waals surface area contributed by atoms with E-state index in [1.54, 1.807) is 0 Å². The molecule has 0 aromatic rings. The molecule has 21 heavy (non-hydrogen) atoms. The fourth-order valence-corrected chi connectivity index (χ4v) is 3.05. The minimum absolute atomic E-state index is 0. The van der Waals surface area contributed by atoms with Crippen molar-refractivity contribution in [3.63, 3.8) is 0 Å². The molecule has 126 valence electrons. The highest BCUT2D eigenvalue weighted by Crippen LogP contribution is 2.40. The monoisotopic (exact) mass is 341 g/mol. The first kappa shape index (κ1) is 20.8. The van der Waals surface area contributed by atoms with Crippen LogP contribution in [0.2, 0.25) is 0 Å². The lowest BCUT2D eigenvalue weighted by atomic mass is 9.72. The predicted octanol–water partition coefficient (Wildman–Crippen LogP) is 2.12. The van der Waals surface area contributed by atoms with Gasteiger partial charge in [0.05, 0.1) is 0 Å². The van der Waals surface area contributed by atoms with Crippen molar-refractivity contribution in [1.29, 1.82) is 0 Å². The van der Waals surface area contributed by atoms with E-state index >= 15 is 0 Å². The predicted molar refractivity (Wildman–Crippen MR) is 89.5 cm³/mol. The zero-order chi connectivity index (χ0) is 14.1. The summed E-state index contributed by atoms with van der Waals surface area (Å²) in [6.07, 6.45) is 2.01. The fraction of sp³-hybridized carbons (Fsp3) is 0.929. The third-order valence-corrected chi connectivity index (χ3v) is 4.04. The van der Waals surface area contributed by atoms with Gasteiger partial charge in [-0.3, -0.25) is 0 Å². The first-order valence-corrected chi connectivity index (χ1v) is 7.24. The molecule has 2 rings (SSSR count). The molecule has 0 aliphatic carbocycles. The first-order chi connectivity index (χ1) is 8.84. The van der Waals surface area contributed by atoms with Gasteiger partial charge in [0.15, 0.2) is 0 Å². The van der Waals surface area contributed by atoms with Crippen LogP contribution in [0.25, 0.3) is 0 Å². The molecule has 7 heteroatoms. The fourth-order valence-electron chi connectivity index (χ4n) is 3.05.